The summed E-state index contributed by atoms with van der Waals surface area (Å²) in [4.78, 5) is 31.9. The third kappa shape index (κ3) is 3.34. The van der Waals surface area contributed by atoms with Gasteiger partial charge in [-0.15, -0.1) is 0 Å². The summed E-state index contributed by atoms with van der Waals surface area (Å²) in [6, 6.07) is 6.84. The highest BCUT2D eigenvalue weighted by molar-refractivity contribution is 6.30. The van der Waals surface area contributed by atoms with Gasteiger partial charge in [-0.1, -0.05) is 22.8 Å². The number of rotatable bonds is 2. The number of benzene rings is 1. The number of carbonyl (C=O) groups excluding carboxylic acids is 2. The standard InChI is InChI=1S/C15H15ClN4O3/c1-10-17-13(18-23-10)15(22)20-7-5-19(6-8-20)14(21)11-3-2-4-12(16)9-11/h2-4,9H,5-8H2,1H3. The molecule has 1 fully saturated rings. The van der Waals surface area contributed by atoms with Crippen molar-refractivity contribution in [3.05, 3.63) is 46.6 Å². The summed E-state index contributed by atoms with van der Waals surface area (Å²) < 4.78 is 4.82. The Bertz CT molecular complexity index is 738. The molecule has 0 atom stereocenters. The predicted octanol–water partition coefficient (Wildman–Crippen LogP) is 1.63. The van der Waals surface area contributed by atoms with E-state index >= 15 is 0 Å². The SMILES string of the molecule is Cc1nc(C(=O)N2CCN(C(=O)c3cccc(Cl)c3)CC2)no1. The van der Waals surface area contributed by atoms with E-state index in [9.17, 15) is 9.59 Å². The normalized spacial score (nSPS) is 14.9. The van der Waals surface area contributed by atoms with E-state index < -0.39 is 0 Å². The topological polar surface area (TPSA) is 79.5 Å². The van der Waals surface area contributed by atoms with Crippen LogP contribution in [0.5, 0.6) is 0 Å². The molecule has 23 heavy (non-hydrogen) atoms. The monoisotopic (exact) mass is 334 g/mol. The van der Waals surface area contributed by atoms with E-state index in [0.29, 0.717) is 42.7 Å². The van der Waals surface area contributed by atoms with Crippen LogP contribution >= 0.6 is 11.6 Å². The molecular weight excluding hydrogens is 320 g/mol. The summed E-state index contributed by atoms with van der Waals surface area (Å²) in [6.45, 7) is 3.39. The molecule has 120 valence electrons. The minimum Gasteiger partial charge on any atom is -0.339 e. The van der Waals surface area contributed by atoms with Crippen molar-refractivity contribution < 1.29 is 14.1 Å². The molecule has 1 aromatic carbocycles. The third-order valence-electron chi connectivity index (χ3n) is 3.64. The van der Waals surface area contributed by atoms with Gasteiger partial charge < -0.3 is 14.3 Å². The number of nitrogens with zero attached hydrogens (tertiary/aromatic N) is 4. The fraction of sp³-hybridized carbons (Fsp3) is 0.333. The maximum absolute atomic E-state index is 12.4. The number of hydrogen-bond acceptors (Lipinski definition) is 5. The molecule has 2 heterocycles. The van der Waals surface area contributed by atoms with Gasteiger partial charge in [-0.2, -0.15) is 4.98 Å². The van der Waals surface area contributed by atoms with Crippen LogP contribution in [-0.4, -0.2) is 57.9 Å². The Labute approximate surface area is 137 Å². The predicted molar refractivity (Wildman–Crippen MR) is 82.3 cm³/mol. The molecule has 3 rings (SSSR count). The average molecular weight is 335 g/mol. The van der Waals surface area contributed by atoms with Crippen LogP contribution in [0.2, 0.25) is 5.02 Å². The van der Waals surface area contributed by atoms with Crippen LogP contribution in [-0.2, 0) is 0 Å². The minimum atomic E-state index is -0.281. The van der Waals surface area contributed by atoms with Gasteiger partial charge in [-0.25, -0.2) is 0 Å². The van der Waals surface area contributed by atoms with Crippen molar-refractivity contribution in [3.8, 4) is 0 Å². The van der Waals surface area contributed by atoms with Crippen LogP contribution < -0.4 is 0 Å². The molecule has 0 aliphatic carbocycles. The van der Waals surface area contributed by atoms with Crippen LogP contribution in [0.4, 0.5) is 0 Å². The van der Waals surface area contributed by atoms with Crippen LogP contribution in [0.15, 0.2) is 28.8 Å². The number of hydrogen-bond donors (Lipinski definition) is 0. The lowest BCUT2D eigenvalue weighted by Gasteiger charge is -2.34. The van der Waals surface area contributed by atoms with E-state index in [2.05, 4.69) is 10.1 Å². The van der Waals surface area contributed by atoms with Gasteiger partial charge in [0.25, 0.3) is 17.6 Å². The van der Waals surface area contributed by atoms with E-state index in [1.165, 1.54) is 0 Å². The molecule has 0 saturated carbocycles. The van der Waals surface area contributed by atoms with Crippen LogP contribution in [0, 0.1) is 6.92 Å². The van der Waals surface area contributed by atoms with Gasteiger partial charge in [0.15, 0.2) is 0 Å². The van der Waals surface area contributed by atoms with Crippen molar-refractivity contribution in [1.82, 2.24) is 19.9 Å². The van der Waals surface area contributed by atoms with E-state index in [4.69, 9.17) is 16.1 Å². The quantitative estimate of drug-likeness (QED) is 0.834. The second-order valence-corrected chi connectivity index (χ2v) is 5.67. The van der Waals surface area contributed by atoms with E-state index in [1.54, 1.807) is 41.0 Å². The number of halogens is 1. The van der Waals surface area contributed by atoms with Crippen molar-refractivity contribution in [3.63, 3.8) is 0 Å². The number of carbonyl (C=O) groups is 2. The molecule has 0 bridgehead atoms. The Kier molecular flexibility index (Phi) is 4.29. The van der Waals surface area contributed by atoms with Crippen molar-refractivity contribution in [2.45, 2.75) is 6.92 Å². The highest BCUT2D eigenvalue weighted by Gasteiger charge is 2.27. The molecule has 0 spiro atoms. The Hall–Kier alpha value is -2.41. The summed E-state index contributed by atoms with van der Waals surface area (Å²) in [5.41, 5.74) is 0.547. The fourth-order valence-electron chi connectivity index (χ4n) is 2.44. The first-order valence-electron chi connectivity index (χ1n) is 7.19. The number of aromatic nitrogens is 2. The van der Waals surface area contributed by atoms with E-state index in [0.717, 1.165) is 0 Å². The Morgan fingerprint density at radius 2 is 1.78 bits per heavy atom. The number of aryl methyl sites for hydroxylation is 1. The summed E-state index contributed by atoms with van der Waals surface area (Å²) in [7, 11) is 0. The summed E-state index contributed by atoms with van der Waals surface area (Å²) in [5.74, 6) is 0.0342. The molecule has 8 heteroatoms. The van der Waals surface area contributed by atoms with E-state index in [-0.39, 0.29) is 17.6 Å². The molecular formula is C15H15ClN4O3. The second-order valence-electron chi connectivity index (χ2n) is 5.23. The minimum absolute atomic E-state index is 0.0529. The van der Waals surface area contributed by atoms with Crippen LogP contribution in [0.3, 0.4) is 0 Å². The van der Waals surface area contributed by atoms with Gasteiger partial charge in [-0.3, -0.25) is 9.59 Å². The average Bonchev–Trinajstić information content (AvgIpc) is 3.00. The molecule has 7 nitrogen and oxygen atoms in total. The maximum Gasteiger partial charge on any atom is 0.295 e. The lowest BCUT2D eigenvalue weighted by Crippen LogP contribution is -2.50. The Morgan fingerprint density at radius 3 is 2.35 bits per heavy atom. The Balaban J connectivity index is 1.62. The maximum atomic E-state index is 12.4. The second kappa shape index (κ2) is 6.37. The first-order valence-corrected chi connectivity index (χ1v) is 7.57. The van der Waals surface area contributed by atoms with Crippen LogP contribution in [0.1, 0.15) is 26.9 Å². The molecule has 0 radical (unpaired) electrons. The molecule has 0 N–H and O–H groups in total. The van der Waals surface area contributed by atoms with Crippen molar-refractivity contribution >= 4 is 23.4 Å². The fourth-order valence-corrected chi connectivity index (χ4v) is 2.63. The zero-order valence-corrected chi connectivity index (χ0v) is 13.3. The lowest BCUT2D eigenvalue weighted by atomic mass is 10.2. The summed E-state index contributed by atoms with van der Waals surface area (Å²) in [5, 5.41) is 4.15. The first-order chi connectivity index (χ1) is 11.0. The lowest BCUT2D eigenvalue weighted by molar-refractivity contribution is 0.0527. The van der Waals surface area contributed by atoms with Gasteiger partial charge in [0.1, 0.15) is 0 Å². The third-order valence-corrected chi connectivity index (χ3v) is 3.88. The molecule has 1 aliphatic heterocycles. The molecule has 1 saturated heterocycles. The van der Waals surface area contributed by atoms with Crippen molar-refractivity contribution in [1.29, 1.82) is 0 Å². The smallest absolute Gasteiger partial charge is 0.295 e. The van der Waals surface area contributed by atoms with Gasteiger partial charge in [0.2, 0.25) is 5.89 Å². The molecule has 2 aromatic rings. The molecule has 2 amide bonds. The van der Waals surface area contributed by atoms with Gasteiger partial charge >= 0.3 is 0 Å². The number of piperazine rings is 1. The Morgan fingerprint density at radius 1 is 1.13 bits per heavy atom. The van der Waals surface area contributed by atoms with Gasteiger partial charge in [0.05, 0.1) is 0 Å². The van der Waals surface area contributed by atoms with Crippen molar-refractivity contribution in [2.24, 2.45) is 0 Å². The first kappa shape index (κ1) is 15.5. The molecule has 1 aromatic heterocycles. The van der Waals surface area contributed by atoms with Crippen molar-refractivity contribution in [2.75, 3.05) is 26.2 Å². The van der Waals surface area contributed by atoms with Crippen LogP contribution in [0.25, 0.3) is 0 Å². The summed E-state index contributed by atoms with van der Waals surface area (Å²) >= 11 is 5.92. The highest BCUT2D eigenvalue weighted by Crippen LogP contribution is 2.14. The molecule has 0 unspecified atom stereocenters. The van der Waals surface area contributed by atoms with E-state index in [1.807, 2.05) is 0 Å². The summed E-state index contributed by atoms with van der Waals surface area (Å²) in [6.07, 6.45) is 0. The largest absolute Gasteiger partial charge is 0.339 e. The highest BCUT2D eigenvalue weighted by atomic mass is 35.5. The van der Waals surface area contributed by atoms with Gasteiger partial charge in [-0.05, 0) is 18.2 Å². The zero-order chi connectivity index (χ0) is 16.4. The zero-order valence-electron chi connectivity index (χ0n) is 12.5. The van der Waals surface area contributed by atoms with Gasteiger partial charge in [0, 0.05) is 43.7 Å². The number of amides is 2. The molecule has 1 aliphatic rings.